The number of aryl methyl sites for hydroxylation is 1. The fourth-order valence-corrected chi connectivity index (χ4v) is 2.31. The van der Waals surface area contributed by atoms with Gasteiger partial charge in [-0.1, -0.05) is 12.1 Å². The van der Waals surface area contributed by atoms with Crippen LogP contribution in [0.25, 0.3) is 11.1 Å². The number of nitrogens with one attached hydrogen (secondary N) is 2. The Labute approximate surface area is 132 Å². The van der Waals surface area contributed by atoms with Gasteiger partial charge in [-0.05, 0) is 23.8 Å². The van der Waals surface area contributed by atoms with Gasteiger partial charge in [0.15, 0.2) is 0 Å². The SMILES string of the molecule is Cn1cc(C(N)=O)cc1C(=O)Nc1cccc(-c2cn[nH]c2)c1. The number of H-pyrrole nitrogens is 1. The number of amides is 2. The van der Waals surface area contributed by atoms with Crippen molar-refractivity contribution >= 4 is 17.5 Å². The summed E-state index contributed by atoms with van der Waals surface area (Å²) in [6.45, 7) is 0. The molecule has 0 aliphatic carbocycles. The van der Waals surface area contributed by atoms with Crippen LogP contribution in [0.15, 0.2) is 48.9 Å². The molecule has 2 heterocycles. The predicted octanol–water partition coefficient (Wildman–Crippen LogP) is 1.77. The Morgan fingerprint density at radius 2 is 2.09 bits per heavy atom. The Morgan fingerprint density at radius 1 is 1.26 bits per heavy atom. The van der Waals surface area contributed by atoms with Gasteiger partial charge in [0, 0.05) is 30.7 Å². The molecule has 1 aromatic carbocycles. The zero-order chi connectivity index (χ0) is 16.4. The second-order valence-corrected chi connectivity index (χ2v) is 5.11. The van der Waals surface area contributed by atoms with E-state index < -0.39 is 5.91 Å². The van der Waals surface area contributed by atoms with Gasteiger partial charge in [0.1, 0.15) is 5.69 Å². The molecule has 0 aliphatic heterocycles. The van der Waals surface area contributed by atoms with Crippen molar-refractivity contribution in [3.05, 3.63) is 60.2 Å². The minimum Gasteiger partial charge on any atom is -0.366 e. The van der Waals surface area contributed by atoms with Crippen LogP contribution in [-0.2, 0) is 7.05 Å². The lowest BCUT2D eigenvalue weighted by Gasteiger charge is -2.07. The van der Waals surface area contributed by atoms with Crippen LogP contribution in [0, 0.1) is 0 Å². The molecule has 0 saturated heterocycles. The van der Waals surface area contributed by atoms with Gasteiger partial charge >= 0.3 is 0 Å². The van der Waals surface area contributed by atoms with Crippen LogP contribution >= 0.6 is 0 Å². The summed E-state index contributed by atoms with van der Waals surface area (Å²) in [6, 6.07) is 8.88. The summed E-state index contributed by atoms with van der Waals surface area (Å²) < 4.78 is 1.56. The molecule has 0 unspecified atom stereocenters. The summed E-state index contributed by atoms with van der Waals surface area (Å²) in [5.41, 5.74) is 8.39. The van der Waals surface area contributed by atoms with E-state index in [2.05, 4.69) is 15.5 Å². The lowest BCUT2D eigenvalue weighted by atomic mass is 10.1. The Bertz CT molecular complexity index is 864. The third-order valence-corrected chi connectivity index (χ3v) is 3.47. The molecule has 0 bridgehead atoms. The topological polar surface area (TPSA) is 106 Å². The number of carbonyl (C=O) groups is 2. The zero-order valence-corrected chi connectivity index (χ0v) is 12.4. The first-order valence-corrected chi connectivity index (χ1v) is 6.91. The molecule has 2 aromatic heterocycles. The van der Waals surface area contributed by atoms with Crippen LogP contribution in [0.4, 0.5) is 5.69 Å². The van der Waals surface area contributed by atoms with Crippen molar-refractivity contribution in [3.8, 4) is 11.1 Å². The highest BCUT2D eigenvalue weighted by Gasteiger charge is 2.14. The van der Waals surface area contributed by atoms with Crippen molar-refractivity contribution in [2.24, 2.45) is 12.8 Å². The van der Waals surface area contributed by atoms with Crippen LogP contribution in [0.3, 0.4) is 0 Å². The monoisotopic (exact) mass is 309 g/mol. The van der Waals surface area contributed by atoms with Crippen LogP contribution in [-0.4, -0.2) is 26.6 Å². The molecule has 4 N–H and O–H groups in total. The minimum atomic E-state index is -0.568. The number of aromatic nitrogens is 3. The highest BCUT2D eigenvalue weighted by Crippen LogP contribution is 2.22. The normalized spacial score (nSPS) is 10.5. The lowest BCUT2D eigenvalue weighted by Crippen LogP contribution is -2.15. The molecule has 3 aromatic rings. The Balaban J connectivity index is 1.83. The lowest BCUT2D eigenvalue weighted by molar-refractivity contribution is 0.0998. The Kier molecular flexibility index (Phi) is 3.68. The number of hydrogen-bond acceptors (Lipinski definition) is 3. The number of aromatic amines is 1. The summed E-state index contributed by atoms with van der Waals surface area (Å²) in [5.74, 6) is -0.883. The molecule has 23 heavy (non-hydrogen) atoms. The van der Waals surface area contributed by atoms with Crippen LogP contribution in [0.1, 0.15) is 20.8 Å². The Hall–Kier alpha value is -3.35. The number of carbonyl (C=O) groups excluding carboxylic acids is 2. The highest BCUT2D eigenvalue weighted by molar-refractivity contribution is 6.05. The van der Waals surface area contributed by atoms with Gasteiger partial charge in [0.2, 0.25) is 5.91 Å². The maximum absolute atomic E-state index is 12.4. The average Bonchev–Trinajstić information content (AvgIpc) is 3.16. The standard InChI is InChI=1S/C16H15N5O2/c1-21-9-11(15(17)22)6-14(21)16(23)20-13-4-2-3-10(5-13)12-7-18-19-8-12/h2-9H,1H3,(H2,17,22)(H,18,19)(H,20,23). The summed E-state index contributed by atoms with van der Waals surface area (Å²) in [6.07, 6.45) is 5.01. The first-order valence-electron chi connectivity index (χ1n) is 6.91. The molecule has 116 valence electrons. The van der Waals surface area contributed by atoms with E-state index in [9.17, 15) is 9.59 Å². The molecule has 7 heteroatoms. The first kappa shape index (κ1) is 14.6. The summed E-state index contributed by atoms with van der Waals surface area (Å²) in [4.78, 5) is 23.6. The molecule has 2 amide bonds. The molecule has 0 spiro atoms. The molecule has 0 atom stereocenters. The predicted molar refractivity (Wildman–Crippen MR) is 85.9 cm³/mol. The van der Waals surface area contributed by atoms with Crippen molar-refractivity contribution in [1.29, 1.82) is 0 Å². The van der Waals surface area contributed by atoms with E-state index in [0.29, 0.717) is 16.9 Å². The summed E-state index contributed by atoms with van der Waals surface area (Å²) in [7, 11) is 1.68. The maximum atomic E-state index is 12.4. The van der Waals surface area contributed by atoms with Crippen LogP contribution < -0.4 is 11.1 Å². The molecule has 3 rings (SSSR count). The summed E-state index contributed by atoms with van der Waals surface area (Å²) in [5, 5.41) is 9.47. The Morgan fingerprint density at radius 3 is 2.74 bits per heavy atom. The van der Waals surface area contributed by atoms with Gasteiger partial charge in [-0.15, -0.1) is 0 Å². The number of rotatable bonds is 4. The van der Waals surface area contributed by atoms with Gasteiger partial charge in [-0.3, -0.25) is 14.7 Å². The molecule has 0 saturated carbocycles. The number of nitrogens with two attached hydrogens (primary N) is 1. The van der Waals surface area contributed by atoms with E-state index in [1.807, 2.05) is 18.2 Å². The van der Waals surface area contributed by atoms with E-state index in [-0.39, 0.29) is 5.91 Å². The molecular formula is C16H15N5O2. The maximum Gasteiger partial charge on any atom is 0.272 e. The van der Waals surface area contributed by atoms with Crippen LogP contribution in [0.2, 0.25) is 0 Å². The number of hydrogen-bond donors (Lipinski definition) is 3. The molecular weight excluding hydrogens is 294 g/mol. The van der Waals surface area contributed by atoms with Crippen LogP contribution in [0.5, 0.6) is 0 Å². The van der Waals surface area contributed by atoms with Crippen molar-refractivity contribution in [3.63, 3.8) is 0 Å². The van der Waals surface area contributed by atoms with Gasteiger partial charge in [0.05, 0.1) is 11.8 Å². The third kappa shape index (κ3) is 2.98. The van der Waals surface area contributed by atoms with E-state index in [1.165, 1.54) is 12.3 Å². The van der Waals surface area contributed by atoms with Crippen molar-refractivity contribution in [2.75, 3.05) is 5.32 Å². The van der Waals surface area contributed by atoms with Crippen molar-refractivity contribution < 1.29 is 9.59 Å². The first-order chi connectivity index (χ1) is 11.0. The highest BCUT2D eigenvalue weighted by atomic mass is 16.2. The van der Waals surface area contributed by atoms with Crippen molar-refractivity contribution in [1.82, 2.24) is 14.8 Å². The van der Waals surface area contributed by atoms with Gasteiger partial charge < -0.3 is 15.6 Å². The van der Waals surface area contributed by atoms with E-state index >= 15 is 0 Å². The number of anilines is 1. The average molecular weight is 309 g/mol. The van der Waals surface area contributed by atoms with E-state index in [1.54, 1.807) is 30.1 Å². The van der Waals surface area contributed by atoms with Gasteiger partial charge in [0.25, 0.3) is 5.91 Å². The third-order valence-electron chi connectivity index (χ3n) is 3.47. The minimum absolute atomic E-state index is 0.296. The zero-order valence-electron chi connectivity index (χ0n) is 12.4. The smallest absolute Gasteiger partial charge is 0.272 e. The second kappa shape index (κ2) is 5.80. The second-order valence-electron chi connectivity index (χ2n) is 5.11. The van der Waals surface area contributed by atoms with Gasteiger partial charge in [-0.2, -0.15) is 5.10 Å². The number of primary amides is 1. The van der Waals surface area contributed by atoms with Gasteiger partial charge in [-0.25, -0.2) is 0 Å². The number of nitrogens with zero attached hydrogens (tertiary/aromatic N) is 2. The fourth-order valence-electron chi connectivity index (χ4n) is 2.31. The molecule has 0 radical (unpaired) electrons. The fraction of sp³-hybridized carbons (Fsp3) is 0.0625. The summed E-state index contributed by atoms with van der Waals surface area (Å²) >= 11 is 0. The molecule has 0 aliphatic rings. The van der Waals surface area contributed by atoms with Crippen molar-refractivity contribution in [2.45, 2.75) is 0 Å². The molecule has 7 nitrogen and oxygen atoms in total. The van der Waals surface area contributed by atoms with E-state index in [4.69, 9.17) is 5.73 Å². The van der Waals surface area contributed by atoms with E-state index in [0.717, 1.165) is 11.1 Å². The number of benzene rings is 1. The largest absolute Gasteiger partial charge is 0.366 e. The quantitative estimate of drug-likeness (QED) is 0.683. The molecule has 0 fully saturated rings.